The molecule has 1 aliphatic rings. The zero-order chi connectivity index (χ0) is 29.1. The van der Waals surface area contributed by atoms with Gasteiger partial charge in [0, 0.05) is 26.4 Å². The van der Waals surface area contributed by atoms with Crippen LogP contribution in [0.25, 0.3) is 0 Å². The lowest BCUT2D eigenvalue weighted by molar-refractivity contribution is -0.149. The van der Waals surface area contributed by atoms with Crippen molar-refractivity contribution in [1.29, 1.82) is 0 Å². The smallest absolute Gasteiger partial charge is 0.303 e. The molecule has 0 radical (unpaired) electrons. The molecule has 0 fully saturated rings. The number of amides is 1. The van der Waals surface area contributed by atoms with Crippen LogP contribution in [0.15, 0.2) is 97.1 Å². The van der Waals surface area contributed by atoms with Gasteiger partial charge in [0.25, 0.3) is 0 Å². The summed E-state index contributed by atoms with van der Waals surface area (Å²) in [5.41, 5.74) is 1.64. The fourth-order valence-electron chi connectivity index (χ4n) is 4.44. The highest BCUT2D eigenvalue weighted by Crippen LogP contribution is 2.40. The van der Waals surface area contributed by atoms with Crippen LogP contribution < -0.4 is 14.2 Å². The van der Waals surface area contributed by atoms with Crippen molar-refractivity contribution in [2.75, 3.05) is 13.7 Å². The average Bonchev–Trinajstić information content (AvgIpc) is 2.99. The Kier molecular flexibility index (Phi) is 9.94. The molecule has 0 heterocycles. The van der Waals surface area contributed by atoms with Crippen LogP contribution in [0.2, 0.25) is 0 Å². The molecule has 8 nitrogen and oxygen atoms in total. The van der Waals surface area contributed by atoms with E-state index in [1.54, 1.807) is 24.2 Å². The van der Waals surface area contributed by atoms with Crippen molar-refractivity contribution in [1.82, 2.24) is 4.90 Å². The molecule has 0 saturated carbocycles. The summed E-state index contributed by atoms with van der Waals surface area (Å²) in [4.78, 5) is 37.1. The van der Waals surface area contributed by atoms with Crippen LogP contribution in [-0.2, 0) is 38.9 Å². The molecule has 8 heteroatoms. The van der Waals surface area contributed by atoms with Gasteiger partial charge in [0.1, 0.15) is 13.2 Å². The number of nitrogens with zero attached hydrogens (tertiary/aromatic N) is 1. The molecule has 0 aliphatic heterocycles. The maximum Gasteiger partial charge on any atom is 0.303 e. The van der Waals surface area contributed by atoms with Gasteiger partial charge in [0.05, 0.1) is 7.11 Å². The number of ketones is 1. The Morgan fingerprint density at radius 3 is 1.85 bits per heavy atom. The monoisotopic (exact) mass is 555 g/mol. The number of rotatable bonds is 14. The highest BCUT2D eigenvalue weighted by atomic mass is 16.6. The Morgan fingerprint density at radius 1 is 0.854 bits per heavy atom. The standard InChI is InChI=1S/C33H33NO7/c1-25(36)41-33(15-13-29(37)14-16-33)17-18-34(24-35)21-28-19-30(39-22-26-9-5-3-6-10-26)32(38-2)31(20-28)40-23-27-11-7-4-8-12-27/h3-16,19-20,24H,17-18,21-23H2,1-2H3. The number of methoxy groups -OCH3 is 1. The van der Waals surface area contributed by atoms with E-state index in [0.717, 1.165) is 23.1 Å². The SMILES string of the molecule is COc1c(OCc2ccccc2)cc(CN(C=O)CCC2(OC(C)=O)C=CC(=O)C=C2)cc1OCc1ccccc1. The van der Waals surface area contributed by atoms with E-state index in [0.29, 0.717) is 30.5 Å². The summed E-state index contributed by atoms with van der Waals surface area (Å²) in [6.45, 7) is 2.44. The second-order valence-corrected chi connectivity index (χ2v) is 9.62. The molecule has 0 atom stereocenters. The molecule has 0 N–H and O–H groups in total. The summed E-state index contributed by atoms with van der Waals surface area (Å²) < 4.78 is 23.6. The Balaban J connectivity index is 1.56. The first kappa shape index (κ1) is 29.1. The molecule has 0 unspecified atom stereocenters. The molecule has 212 valence electrons. The number of carbonyl (C=O) groups is 3. The molecule has 0 bridgehead atoms. The maximum absolute atomic E-state index is 12.1. The van der Waals surface area contributed by atoms with Crippen molar-refractivity contribution in [2.24, 2.45) is 0 Å². The number of allylic oxidation sites excluding steroid dienone is 2. The van der Waals surface area contributed by atoms with E-state index in [2.05, 4.69) is 0 Å². The van der Waals surface area contributed by atoms with Gasteiger partial charge in [0.2, 0.25) is 12.2 Å². The zero-order valence-electron chi connectivity index (χ0n) is 23.2. The first-order valence-electron chi connectivity index (χ1n) is 13.3. The summed E-state index contributed by atoms with van der Waals surface area (Å²) in [7, 11) is 1.56. The maximum atomic E-state index is 12.1. The summed E-state index contributed by atoms with van der Waals surface area (Å²) in [6, 6.07) is 23.2. The number of hydrogen-bond donors (Lipinski definition) is 0. The van der Waals surface area contributed by atoms with Crippen molar-refractivity contribution in [3.05, 3.63) is 114 Å². The third-order valence-corrected chi connectivity index (χ3v) is 6.48. The minimum atomic E-state index is -1.10. The third kappa shape index (κ3) is 8.32. The number of hydrogen-bond acceptors (Lipinski definition) is 7. The average molecular weight is 556 g/mol. The fourth-order valence-corrected chi connectivity index (χ4v) is 4.44. The molecule has 0 saturated heterocycles. The van der Waals surface area contributed by atoms with Crippen molar-refractivity contribution in [3.8, 4) is 17.2 Å². The highest BCUT2D eigenvalue weighted by Gasteiger charge is 2.30. The lowest BCUT2D eigenvalue weighted by atomic mass is 9.93. The molecular weight excluding hydrogens is 522 g/mol. The third-order valence-electron chi connectivity index (χ3n) is 6.48. The summed E-state index contributed by atoms with van der Waals surface area (Å²) in [5.74, 6) is 0.743. The summed E-state index contributed by atoms with van der Waals surface area (Å²) >= 11 is 0. The first-order chi connectivity index (χ1) is 19.9. The van der Waals surface area contributed by atoms with Crippen LogP contribution in [0.4, 0.5) is 0 Å². The Bertz CT molecular complexity index is 1320. The Hall–Kier alpha value is -4.85. The molecule has 1 aliphatic carbocycles. The van der Waals surface area contributed by atoms with Gasteiger partial charge in [0.15, 0.2) is 22.9 Å². The minimum Gasteiger partial charge on any atom is -0.490 e. The Morgan fingerprint density at radius 2 is 1.39 bits per heavy atom. The number of carbonyl (C=O) groups excluding carboxylic acids is 3. The number of benzene rings is 3. The van der Waals surface area contributed by atoms with Crippen LogP contribution in [0.3, 0.4) is 0 Å². The molecule has 0 spiro atoms. The molecule has 41 heavy (non-hydrogen) atoms. The first-order valence-corrected chi connectivity index (χ1v) is 13.3. The van der Waals surface area contributed by atoms with Crippen molar-refractivity contribution in [2.45, 2.75) is 38.7 Å². The quantitative estimate of drug-likeness (QED) is 0.200. The number of ether oxygens (including phenoxy) is 4. The topological polar surface area (TPSA) is 91.4 Å². The fraction of sp³-hybridized carbons (Fsp3) is 0.242. The van der Waals surface area contributed by atoms with Gasteiger partial charge in [-0.25, -0.2) is 0 Å². The summed E-state index contributed by atoms with van der Waals surface area (Å²) in [6.07, 6.45) is 6.85. The van der Waals surface area contributed by atoms with Crippen LogP contribution in [-0.4, -0.2) is 42.3 Å². The van der Waals surface area contributed by atoms with Crippen molar-refractivity contribution in [3.63, 3.8) is 0 Å². The van der Waals surface area contributed by atoms with Crippen LogP contribution in [0, 0.1) is 0 Å². The molecule has 3 aromatic carbocycles. The van der Waals surface area contributed by atoms with E-state index >= 15 is 0 Å². The van der Waals surface area contributed by atoms with Gasteiger partial charge >= 0.3 is 5.97 Å². The molecule has 1 amide bonds. The largest absolute Gasteiger partial charge is 0.490 e. The van der Waals surface area contributed by atoms with E-state index in [1.807, 2.05) is 72.8 Å². The van der Waals surface area contributed by atoms with E-state index in [4.69, 9.17) is 18.9 Å². The molecule has 3 aromatic rings. The van der Waals surface area contributed by atoms with Crippen molar-refractivity contribution < 1.29 is 33.3 Å². The van der Waals surface area contributed by atoms with Gasteiger partial charge in [-0.1, -0.05) is 60.7 Å². The second-order valence-electron chi connectivity index (χ2n) is 9.62. The van der Waals surface area contributed by atoms with Gasteiger partial charge in [-0.15, -0.1) is 0 Å². The second kappa shape index (κ2) is 14.0. The van der Waals surface area contributed by atoms with Gasteiger partial charge in [-0.2, -0.15) is 0 Å². The minimum absolute atomic E-state index is 0.190. The Labute approximate surface area is 239 Å². The van der Waals surface area contributed by atoms with Gasteiger partial charge in [-0.3, -0.25) is 14.4 Å². The normalized spacial score (nSPS) is 13.4. The van der Waals surface area contributed by atoms with E-state index in [9.17, 15) is 14.4 Å². The number of esters is 1. The van der Waals surface area contributed by atoms with Crippen LogP contribution in [0.5, 0.6) is 17.2 Å². The van der Waals surface area contributed by atoms with Gasteiger partial charge < -0.3 is 23.8 Å². The predicted molar refractivity (Wildman–Crippen MR) is 153 cm³/mol. The lowest BCUT2D eigenvalue weighted by Gasteiger charge is -2.30. The van der Waals surface area contributed by atoms with E-state index in [-0.39, 0.29) is 25.3 Å². The van der Waals surface area contributed by atoms with E-state index in [1.165, 1.54) is 19.1 Å². The lowest BCUT2D eigenvalue weighted by Crippen LogP contribution is -2.36. The zero-order valence-corrected chi connectivity index (χ0v) is 23.2. The molecule has 4 rings (SSSR count). The van der Waals surface area contributed by atoms with Crippen molar-refractivity contribution >= 4 is 18.2 Å². The van der Waals surface area contributed by atoms with Crippen LogP contribution >= 0.6 is 0 Å². The highest BCUT2D eigenvalue weighted by molar-refractivity contribution is 6.00. The molecule has 0 aromatic heterocycles. The van der Waals surface area contributed by atoms with E-state index < -0.39 is 11.6 Å². The molecular formula is C33H33NO7. The summed E-state index contributed by atoms with van der Waals surface area (Å²) in [5, 5.41) is 0. The predicted octanol–water partition coefficient (Wildman–Crippen LogP) is 5.20. The van der Waals surface area contributed by atoms with Crippen LogP contribution in [0.1, 0.15) is 30.0 Å². The van der Waals surface area contributed by atoms with Gasteiger partial charge in [-0.05, 0) is 53.1 Å².